The van der Waals surface area contributed by atoms with Gasteiger partial charge in [0.15, 0.2) is 0 Å². The number of hydrogen-bond donors (Lipinski definition) is 2. The van der Waals surface area contributed by atoms with E-state index in [1.165, 1.54) is 25.3 Å². The van der Waals surface area contributed by atoms with Gasteiger partial charge in [0.1, 0.15) is 17.3 Å². The Labute approximate surface area is 372 Å². The van der Waals surface area contributed by atoms with Gasteiger partial charge in [0.25, 0.3) is 5.91 Å². The summed E-state index contributed by atoms with van der Waals surface area (Å²) in [6.07, 6.45) is 4.28. The average Bonchev–Trinajstić information content (AvgIpc) is 3.23. The molecule has 63 heavy (non-hydrogen) atoms. The van der Waals surface area contributed by atoms with E-state index in [2.05, 4.69) is 74.7 Å². The van der Waals surface area contributed by atoms with Gasteiger partial charge in [0, 0.05) is 32.5 Å². The van der Waals surface area contributed by atoms with E-state index in [1.807, 2.05) is 32.0 Å². The summed E-state index contributed by atoms with van der Waals surface area (Å²) in [6.45, 7) is 24.1. The molecule has 0 aromatic heterocycles. The second-order valence-corrected chi connectivity index (χ2v) is 15.3. The lowest BCUT2D eigenvalue weighted by atomic mass is 9.92. The van der Waals surface area contributed by atoms with Crippen molar-refractivity contribution in [1.82, 2.24) is 4.90 Å². The number of carbonyl (C=O) groups is 2. The van der Waals surface area contributed by atoms with Gasteiger partial charge in [-0.3, -0.25) is 14.5 Å². The first-order valence-corrected chi connectivity index (χ1v) is 21.8. The SMILES string of the molecule is C=C(C)c1cc(C)c(C(N)=O)c(F)c1.CCC(F)(F)F.CCC/C=C\C(C)CC.CCOc1cc(CN2CCOCC2)cc(OCC)c1-c1cccc2c(CCC(=O)O)cccc12. The van der Waals surface area contributed by atoms with E-state index in [9.17, 15) is 32.3 Å². The van der Waals surface area contributed by atoms with Crippen molar-refractivity contribution in [3.63, 3.8) is 0 Å². The van der Waals surface area contributed by atoms with E-state index in [-0.39, 0.29) is 12.0 Å². The number of fused-ring (bicyclic) bond motifs is 1. The summed E-state index contributed by atoms with van der Waals surface area (Å²) in [5, 5.41) is 11.3. The minimum atomic E-state index is -3.96. The second kappa shape index (κ2) is 27.8. The van der Waals surface area contributed by atoms with E-state index in [4.69, 9.17) is 19.9 Å². The van der Waals surface area contributed by atoms with Crippen LogP contribution in [-0.2, 0) is 22.5 Å². The number of amides is 1. The Kier molecular flexibility index (Phi) is 23.8. The maximum Gasteiger partial charge on any atom is 0.388 e. The molecule has 5 rings (SSSR count). The number of unbranched alkanes of at least 4 members (excludes halogenated alkanes) is 1. The third-order valence-electron chi connectivity index (χ3n) is 10.1. The van der Waals surface area contributed by atoms with Gasteiger partial charge in [-0.1, -0.05) is 107 Å². The summed E-state index contributed by atoms with van der Waals surface area (Å²) in [6, 6.07) is 19.5. The zero-order chi connectivity index (χ0) is 47.1. The number of carboxylic acids is 1. The second-order valence-electron chi connectivity index (χ2n) is 15.3. The van der Waals surface area contributed by atoms with Crippen molar-refractivity contribution in [2.75, 3.05) is 39.5 Å². The summed E-state index contributed by atoms with van der Waals surface area (Å²) in [5.74, 6) is 0.266. The van der Waals surface area contributed by atoms with E-state index < -0.39 is 30.3 Å². The molecule has 1 saturated heterocycles. The van der Waals surface area contributed by atoms with Crippen LogP contribution in [0.4, 0.5) is 17.6 Å². The molecule has 0 saturated carbocycles. The molecule has 3 N–H and O–H groups in total. The Bertz CT molecular complexity index is 2040. The highest BCUT2D eigenvalue weighted by Gasteiger charge is 2.23. The number of benzene rings is 4. The lowest BCUT2D eigenvalue weighted by Gasteiger charge is -2.27. The molecular weight excluding hydrogens is 813 g/mol. The van der Waals surface area contributed by atoms with Crippen LogP contribution in [0.1, 0.15) is 113 Å². The van der Waals surface area contributed by atoms with Gasteiger partial charge >= 0.3 is 12.1 Å². The smallest absolute Gasteiger partial charge is 0.388 e. The minimum absolute atomic E-state index is 0.0463. The average molecular weight is 881 g/mol. The summed E-state index contributed by atoms with van der Waals surface area (Å²) >= 11 is 0. The summed E-state index contributed by atoms with van der Waals surface area (Å²) in [7, 11) is 0. The summed E-state index contributed by atoms with van der Waals surface area (Å²) < 4.78 is 63.6. The van der Waals surface area contributed by atoms with Crippen molar-refractivity contribution in [2.24, 2.45) is 11.7 Å². The molecule has 1 heterocycles. The van der Waals surface area contributed by atoms with E-state index >= 15 is 0 Å². The van der Waals surface area contributed by atoms with Gasteiger partial charge in [-0.15, -0.1) is 0 Å². The Balaban J connectivity index is 0.000000383. The number of carbonyl (C=O) groups excluding carboxylic acids is 1. The monoisotopic (exact) mass is 881 g/mol. The van der Waals surface area contributed by atoms with Crippen molar-refractivity contribution in [3.8, 4) is 22.6 Å². The van der Waals surface area contributed by atoms with Crippen LogP contribution in [0.3, 0.4) is 0 Å². The number of hydrogen-bond acceptors (Lipinski definition) is 6. The van der Waals surface area contributed by atoms with E-state index in [0.29, 0.717) is 30.8 Å². The number of aliphatic carboxylic acids is 1. The Morgan fingerprint density at radius 2 is 1.54 bits per heavy atom. The summed E-state index contributed by atoms with van der Waals surface area (Å²) in [4.78, 5) is 24.4. The Morgan fingerprint density at radius 1 is 0.952 bits per heavy atom. The highest BCUT2D eigenvalue weighted by atomic mass is 19.4. The molecule has 1 atom stereocenters. The maximum absolute atomic E-state index is 13.4. The fourth-order valence-electron chi connectivity index (χ4n) is 6.54. The third kappa shape index (κ3) is 18.6. The number of rotatable bonds is 16. The molecule has 1 fully saturated rings. The minimum Gasteiger partial charge on any atom is -0.493 e. The number of nitrogens with two attached hydrogens (primary N) is 1. The lowest BCUT2D eigenvalue weighted by molar-refractivity contribution is -0.137. The number of aryl methyl sites for hydroxylation is 2. The number of alkyl halides is 3. The van der Waals surface area contributed by atoms with E-state index in [0.717, 1.165) is 95.8 Å². The normalized spacial score (nSPS) is 13.1. The van der Waals surface area contributed by atoms with Gasteiger partial charge in [-0.25, -0.2) is 4.39 Å². The number of allylic oxidation sites excluding steroid dienone is 3. The van der Waals surface area contributed by atoms with Crippen LogP contribution >= 0.6 is 0 Å². The number of carboxylic acid groups (broad SMARTS) is 1. The standard InChI is InChI=1S/C28H33NO5.C11H12FNO.C9H18.C3H5F3/c1-3-33-25-17-20(19-29-13-15-32-16-14-29)18-26(34-4-2)28(25)24-10-6-8-22-21(11-12-27(30)31)7-5-9-23(22)24;1-6(2)8-4-7(3)10(11(13)14)9(12)5-8;1-4-6-7-8-9(3)5-2;1-2-3(4,5)6/h5-10,17-18H,3-4,11-16,19H2,1-2H3,(H,30,31);4-5H,1H2,2-3H3,(H2,13,14);7-9H,4-6H2,1-3H3;2H2,1H3/b;;8-7-;. The first-order valence-electron chi connectivity index (χ1n) is 21.8. The van der Waals surface area contributed by atoms with Crippen molar-refractivity contribution in [3.05, 3.63) is 113 Å². The zero-order valence-electron chi connectivity index (χ0n) is 38.4. The van der Waals surface area contributed by atoms with Crippen LogP contribution in [0.15, 0.2) is 79.4 Å². The van der Waals surface area contributed by atoms with Crippen LogP contribution in [0, 0.1) is 18.7 Å². The van der Waals surface area contributed by atoms with Crippen molar-refractivity contribution >= 4 is 28.2 Å². The highest BCUT2D eigenvalue weighted by Crippen LogP contribution is 2.44. The molecular formula is C51H68F4N2O6. The fraction of sp³-hybridized carbons (Fsp3) is 0.451. The zero-order valence-corrected chi connectivity index (χ0v) is 38.4. The summed E-state index contributed by atoms with van der Waals surface area (Å²) in [5.41, 5.74) is 11.1. The number of halogens is 4. The van der Waals surface area contributed by atoms with E-state index in [1.54, 1.807) is 19.9 Å². The molecule has 4 aromatic carbocycles. The fourth-order valence-corrected chi connectivity index (χ4v) is 6.54. The topological polar surface area (TPSA) is 111 Å². The quantitative estimate of drug-likeness (QED) is 0.0851. The molecule has 8 nitrogen and oxygen atoms in total. The molecule has 1 aliphatic heterocycles. The van der Waals surface area contributed by atoms with Crippen LogP contribution in [0.2, 0.25) is 0 Å². The first-order chi connectivity index (χ1) is 29.9. The molecule has 4 aromatic rings. The number of primary amides is 1. The molecule has 1 aliphatic rings. The first kappa shape index (κ1) is 53.9. The predicted octanol–water partition coefficient (Wildman–Crippen LogP) is 12.8. The molecule has 1 amide bonds. The van der Waals surface area contributed by atoms with Gasteiger partial charge in [0.2, 0.25) is 0 Å². The van der Waals surface area contributed by atoms with Crippen LogP contribution in [0.25, 0.3) is 27.5 Å². The van der Waals surface area contributed by atoms with Crippen molar-refractivity contribution in [1.29, 1.82) is 0 Å². The van der Waals surface area contributed by atoms with Crippen molar-refractivity contribution < 1.29 is 46.5 Å². The van der Waals surface area contributed by atoms with Crippen LogP contribution in [-0.4, -0.2) is 67.6 Å². The van der Waals surface area contributed by atoms with Gasteiger partial charge in [-0.2, -0.15) is 13.2 Å². The molecule has 0 radical (unpaired) electrons. The molecule has 12 heteroatoms. The number of ether oxygens (including phenoxy) is 3. The highest BCUT2D eigenvalue weighted by molar-refractivity contribution is 6.01. The number of nitrogens with zero attached hydrogens (tertiary/aromatic N) is 1. The van der Waals surface area contributed by atoms with Gasteiger partial charge in [0.05, 0.1) is 37.6 Å². The molecule has 346 valence electrons. The molecule has 0 spiro atoms. The lowest BCUT2D eigenvalue weighted by Crippen LogP contribution is -2.35. The van der Waals surface area contributed by atoms with Crippen molar-refractivity contribution in [2.45, 2.75) is 107 Å². The predicted molar refractivity (Wildman–Crippen MR) is 248 cm³/mol. The third-order valence-corrected chi connectivity index (χ3v) is 10.1. The van der Waals surface area contributed by atoms with Crippen LogP contribution < -0.4 is 15.2 Å². The van der Waals surface area contributed by atoms with Gasteiger partial charge in [-0.05, 0) is 103 Å². The molecule has 0 aliphatic carbocycles. The Morgan fingerprint density at radius 3 is 2.03 bits per heavy atom. The maximum atomic E-state index is 13.4. The van der Waals surface area contributed by atoms with Crippen LogP contribution in [0.5, 0.6) is 11.5 Å². The largest absolute Gasteiger partial charge is 0.493 e. The molecule has 1 unspecified atom stereocenters. The number of morpholine rings is 1. The Hall–Kier alpha value is -5.20. The molecule has 0 bridgehead atoms. The van der Waals surface area contributed by atoms with Gasteiger partial charge < -0.3 is 25.1 Å².